The average molecular weight is 241 g/mol. The van der Waals surface area contributed by atoms with Gasteiger partial charge in [-0.15, -0.1) is 0 Å². The van der Waals surface area contributed by atoms with Crippen LogP contribution in [0.4, 0.5) is 0 Å². The molecule has 0 aliphatic carbocycles. The van der Waals surface area contributed by atoms with Crippen LogP contribution in [0.15, 0.2) is 0 Å². The van der Waals surface area contributed by atoms with Crippen LogP contribution >= 0.6 is 0 Å². The van der Waals surface area contributed by atoms with Gasteiger partial charge in [0.2, 0.25) is 0 Å². The van der Waals surface area contributed by atoms with Crippen LogP contribution in [0.2, 0.25) is 0 Å². The van der Waals surface area contributed by atoms with Gasteiger partial charge >= 0.3 is 5.97 Å². The second-order valence-electron chi connectivity index (χ2n) is 5.23. The number of nitrogens with zero attached hydrogens (tertiary/aromatic N) is 2. The van der Waals surface area contributed by atoms with E-state index in [4.69, 9.17) is 5.11 Å². The minimum atomic E-state index is -0.685. The Morgan fingerprint density at radius 1 is 1.41 bits per heavy atom. The van der Waals surface area contributed by atoms with E-state index in [-0.39, 0.29) is 5.92 Å². The quantitative estimate of drug-likeness (QED) is 0.707. The van der Waals surface area contributed by atoms with E-state index in [1.807, 2.05) is 0 Å². The molecular formula is C12H23N3O2. The number of rotatable bonds is 4. The van der Waals surface area contributed by atoms with Crippen molar-refractivity contribution in [3.63, 3.8) is 0 Å². The molecule has 2 unspecified atom stereocenters. The number of hydrogen-bond donors (Lipinski definition) is 2. The van der Waals surface area contributed by atoms with Gasteiger partial charge in [-0.05, 0) is 13.0 Å². The minimum Gasteiger partial charge on any atom is -0.481 e. The lowest BCUT2D eigenvalue weighted by Gasteiger charge is -2.32. The van der Waals surface area contributed by atoms with E-state index in [0.717, 1.165) is 39.3 Å². The standard InChI is InChI=1S/C12H23N3O2/c1-10(12(16)17)8-14-5-2-11(9-14)15-6-3-13-4-7-15/h10-11,13H,2-9H2,1H3,(H,16,17). The van der Waals surface area contributed by atoms with Gasteiger partial charge in [-0.3, -0.25) is 9.69 Å². The van der Waals surface area contributed by atoms with Gasteiger partial charge in [-0.25, -0.2) is 0 Å². The van der Waals surface area contributed by atoms with Crippen molar-refractivity contribution in [3.8, 4) is 0 Å². The summed E-state index contributed by atoms with van der Waals surface area (Å²) in [5, 5.41) is 12.3. The van der Waals surface area contributed by atoms with Crippen molar-refractivity contribution in [2.75, 3.05) is 45.8 Å². The molecule has 5 heteroatoms. The van der Waals surface area contributed by atoms with Gasteiger partial charge in [0, 0.05) is 45.3 Å². The molecule has 5 nitrogen and oxygen atoms in total. The number of carbonyl (C=O) groups is 1. The van der Waals surface area contributed by atoms with Crippen molar-refractivity contribution < 1.29 is 9.90 Å². The molecule has 0 aromatic carbocycles. The molecule has 98 valence electrons. The molecule has 0 aromatic rings. The molecule has 2 fully saturated rings. The normalized spacial score (nSPS) is 29.4. The third-order valence-corrected chi connectivity index (χ3v) is 3.87. The molecule has 0 spiro atoms. The molecule has 2 aliphatic heterocycles. The number of hydrogen-bond acceptors (Lipinski definition) is 4. The third kappa shape index (κ3) is 3.40. The number of nitrogens with one attached hydrogen (secondary N) is 1. The van der Waals surface area contributed by atoms with Gasteiger partial charge in [-0.2, -0.15) is 0 Å². The lowest BCUT2D eigenvalue weighted by Crippen LogP contribution is -2.49. The predicted molar refractivity (Wildman–Crippen MR) is 66.1 cm³/mol. The summed E-state index contributed by atoms with van der Waals surface area (Å²) in [4.78, 5) is 15.7. The van der Waals surface area contributed by atoms with Crippen molar-refractivity contribution in [2.24, 2.45) is 5.92 Å². The summed E-state index contributed by atoms with van der Waals surface area (Å²) in [7, 11) is 0. The Balaban J connectivity index is 1.76. The molecular weight excluding hydrogens is 218 g/mol. The van der Waals surface area contributed by atoms with E-state index >= 15 is 0 Å². The van der Waals surface area contributed by atoms with Gasteiger partial charge in [-0.1, -0.05) is 6.92 Å². The Bertz CT molecular complexity index is 266. The van der Waals surface area contributed by atoms with Gasteiger partial charge < -0.3 is 15.3 Å². The number of piperazine rings is 1. The molecule has 2 atom stereocenters. The zero-order chi connectivity index (χ0) is 12.3. The molecule has 0 amide bonds. The molecule has 2 aliphatic rings. The Kier molecular flexibility index (Phi) is 4.36. The van der Waals surface area contributed by atoms with Crippen molar-refractivity contribution in [2.45, 2.75) is 19.4 Å². The summed E-state index contributed by atoms with van der Waals surface area (Å²) < 4.78 is 0. The summed E-state index contributed by atoms with van der Waals surface area (Å²) in [5.41, 5.74) is 0. The predicted octanol–water partition coefficient (Wildman–Crippen LogP) is -0.313. The molecule has 2 saturated heterocycles. The van der Waals surface area contributed by atoms with Crippen LogP contribution in [0.3, 0.4) is 0 Å². The van der Waals surface area contributed by atoms with Crippen molar-refractivity contribution in [3.05, 3.63) is 0 Å². The Morgan fingerprint density at radius 2 is 2.12 bits per heavy atom. The molecule has 2 N–H and O–H groups in total. The van der Waals surface area contributed by atoms with Crippen LogP contribution in [0.1, 0.15) is 13.3 Å². The Morgan fingerprint density at radius 3 is 2.76 bits per heavy atom. The van der Waals surface area contributed by atoms with Gasteiger partial charge in [0.25, 0.3) is 0 Å². The van der Waals surface area contributed by atoms with E-state index in [2.05, 4.69) is 15.1 Å². The largest absolute Gasteiger partial charge is 0.481 e. The summed E-state index contributed by atoms with van der Waals surface area (Å²) in [6.45, 7) is 9.01. The molecule has 0 radical (unpaired) electrons. The highest BCUT2D eigenvalue weighted by Crippen LogP contribution is 2.17. The van der Waals surface area contributed by atoms with E-state index in [1.54, 1.807) is 6.92 Å². The number of carboxylic acids is 1. The van der Waals surface area contributed by atoms with Crippen LogP contribution in [0, 0.1) is 5.92 Å². The molecule has 0 bridgehead atoms. The highest BCUT2D eigenvalue weighted by Gasteiger charge is 2.29. The SMILES string of the molecule is CC(CN1CCC(N2CCNCC2)C1)C(=O)O. The lowest BCUT2D eigenvalue weighted by molar-refractivity contribution is -0.141. The summed E-state index contributed by atoms with van der Waals surface area (Å²) >= 11 is 0. The van der Waals surface area contributed by atoms with E-state index in [9.17, 15) is 4.79 Å². The zero-order valence-corrected chi connectivity index (χ0v) is 10.6. The maximum atomic E-state index is 10.8. The van der Waals surface area contributed by atoms with Crippen LogP contribution in [-0.4, -0.2) is 72.7 Å². The molecule has 2 heterocycles. The summed E-state index contributed by atoms with van der Waals surface area (Å²) in [6.07, 6.45) is 1.19. The first-order chi connectivity index (χ1) is 8.16. The number of aliphatic carboxylic acids is 1. The number of carboxylic acid groups (broad SMARTS) is 1. The van der Waals surface area contributed by atoms with Gasteiger partial charge in [0.15, 0.2) is 0 Å². The lowest BCUT2D eigenvalue weighted by atomic mass is 10.2. The Hall–Kier alpha value is -0.650. The second kappa shape index (κ2) is 5.80. The minimum absolute atomic E-state index is 0.253. The molecule has 0 aromatic heterocycles. The van der Waals surface area contributed by atoms with E-state index in [0.29, 0.717) is 12.6 Å². The summed E-state index contributed by atoms with van der Waals surface area (Å²) in [5.74, 6) is -0.938. The molecule has 17 heavy (non-hydrogen) atoms. The first kappa shape index (κ1) is 12.8. The van der Waals surface area contributed by atoms with Crippen LogP contribution in [-0.2, 0) is 4.79 Å². The van der Waals surface area contributed by atoms with Gasteiger partial charge in [0.1, 0.15) is 0 Å². The average Bonchev–Trinajstić information content (AvgIpc) is 2.78. The fourth-order valence-electron chi connectivity index (χ4n) is 2.79. The van der Waals surface area contributed by atoms with Crippen molar-refractivity contribution in [1.29, 1.82) is 0 Å². The van der Waals surface area contributed by atoms with Crippen LogP contribution in [0.5, 0.6) is 0 Å². The monoisotopic (exact) mass is 241 g/mol. The topological polar surface area (TPSA) is 55.8 Å². The van der Waals surface area contributed by atoms with E-state index in [1.165, 1.54) is 6.42 Å². The van der Waals surface area contributed by atoms with Gasteiger partial charge in [0.05, 0.1) is 5.92 Å². The Labute approximate surface area is 103 Å². The highest BCUT2D eigenvalue weighted by atomic mass is 16.4. The van der Waals surface area contributed by atoms with Crippen molar-refractivity contribution >= 4 is 5.97 Å². The number of likely N-dealkylation sites (tertiary alicyclic amines) is 1. The maximum Gasteiger partial charge on any atom is 0.307 e. The fourth-order valence-corrected chi connectivity index (χ4v) is 2.79. The first-order valence-electron chi connectivity index (χ1n) is 6.56. The van der Waals surface area contributed by atoms with E-state index < -0.39 is 5.97 Å². The third-order valence-electron chi connectivity index (χ3n) is 3.87. The van der Waals surface area contributed by atoms with Crippen LogP contribution in [0.25, 0.3) is 0 Å². The van der Waals surface area contributed by atoms with Crippen molar-refractivity contribution in [1.82, 2.24) is 15.1 Å². The maximum absolute atomic E-state index is 10.8. The summed E-state index contributed by atoms with van der Waals surface area (Å²) in [6, 6.07) is 0.637. The highest BCUT2D eigenvalue weighted by molar-refractivity contribution is 5.69. The fraction of sp³-hybridized carbons (Fsp3) is 0.917. The first-order valence-corrected chi connectivity index (χ1v) is 6.56. The smallest absolute Gasteiger partial charge is 0.307 e. The molecule has 0 saturated carbocycles. The zero-order valence-electron chi connectivity index (χ0n) is 10.6. The van der Waals surface area contributed by atoms with Crippen LogP contribution < -0.4 is 5.32 Å². The second-order valence-corrected chi connectivity index (χ2v) is 5.23. The molecule has 2 rings (SSSR count).